The normalized spacial score (nSPS) is 11.1. The van der Waals surface area contributed by atoms with Crippen LogP contribution in [0.25, 0.3) is 22.9 Å². The van der Waals surface area contributed by atoms with Gasteiger partial charge in [-0.15, -0.1) is 10.2 Å². The summed E-state index contributed by atoms with van der Waals surface area (Å²) in [5.74, 6) is 2.06. The molecule has 338 valence electrons. The zero-order valence-electron chi connectivity index (χ0n) is 38.4. The summed E-state index contributed by atoms with van der Waals surface area (Å²) in [6.45, 7) is 9.62. The molecule has 0 N–H and O–H groups in total. The summed E-state index contributed by atoms with van der Waals surface area (Å²) in [6, 6.07) is 24.8. The van der Waals surface area contributed by atoms with Crippen LogP contribution in [0.2, 0.25) is 0 Å². The highest BCUT2D eigenvalue weighted by atomic mass is 16.5. The smallest absolute Gasteiger partial charge is 0.343 e. The van der Waals surface area contributed by atoms with Gasteiger partial charge < -0.3 is 23.4 Å². The van der Waals surface area contributed by atoms with E-state index in [1.54, 1.807) is 60.7 Å². The van der Waals surface area contributed by atoms with Gasteiger partial charge in [0.2, 0.25) is 11.8 Å². The number of rotatable bonds is 30. The zero-order chi connectivity index (χ0) is 44.5. The number of nitrogens with zero attached hydrogens (tertiary/aromatic N) is 2. The van der Waals surface area contributed by atoms with Crippen molar-refractivity contribution in [3.05, 3.63) is 107 Å². The molecule has 0 aliphatic rings. The summed E-state index contributed by atoms with van der Waals surface area (Å²) in [7, 11) is 0. The van der Waals surface area contributed by atoms with Crippen molar-refractivity contribution < 1.29 is 33.0 Å². The Balaban J connectivity index is 1.01. The molecule has 0 saturated carbocycles. The molecule has 9 heteroatoms. The third kappa shape index (κ3) is 17.0. The van der Waals surface area contributed by atoms with Gasteiger partial charge in [0, 0.05) is 11.1 Å². The second-order valence-electron chi connectivity index (χ2n) is 16.8. The minimum absolute atomic E-state index is 0.314. The van der Waals surface area contributed by atoms with Crippen molar-refractivity contribution >= 4 is 11.9 Å². The first-order valence-electron chi connectivity index (χ1n) is 23.8. The van der Waals surface area contributed by atoms with Crippen LogP contribution < -0.4 is 18.9 Å². The van der Waals surface area contributed by atoms with Crippen molar-refractivity contribution in [3.8, 4) is 45.9 Å². The minimum Gasteiger partial charge on any atom is -0.494 e. The third-order valence-electron chi connectivity index (χ3n) is 11.4. The first-order valence-corrected chi connectivity index (χ1v) is 23.8. The SMILES string of the molecule is CCCCCCCCCCCCOc1ccc(C(=O)Oc2ccc(-c3nnc(-c4ccc(OC(=O)c5ccc(OCCCCCCCCCCCC)cc5C)cc4)o3)cc2)c(C)c1. The molecule has 0 radical (unpaired) electrons. The van der Waals surface area contributed by atoms with Crippen LogP contribution in [0.1, 0.15) is 174 Å². The van der Waals surface area contributed by atoms with Crippen molar-refractivity contribution in [1.82, 2.24) is 10.2 Å². The molecule has 0 saturated heterocycles. The Bertz CT molecular complexity index is 1940. The van der Waals surface area contributed by atoms with Crippen molar-refractivity contribution in [2.45, 2.75) is 156 Å². The summed E-state index contributed by atoms with van der Waals surface area (Å²) < 4.78 is 29.3. The van der Waals surface area contributed by atoms with Crippen LogP contribution in [-0.2, 0) is 0 Å². The quantitative estimate of drug-likeness (QED) is 0.0253. The predicted molar refractivity (Wildman–Crippen MR) is 252 cm³/mol. The molecule has 1 heterocycles. The van der Waals surface area contributed by atoms with Crippen LogP contribution in [0.3, 0.4) is 0 Å². The molecule has 4 aromatic carbocycles. The highest BCUT2D eigenvalue weighted by Gasteiger charge is 2.16. The Labute approximate surface area is 376 Å². The molecule has 0 amide bonds. The molecular formula is C54H70N2O7. The van der Waals surface area contributed by atoms with Gasteiger partial charge in [0.1, 0.15) is 23.0 Å². The number of hydrogen-bond acceptors (Lipinski definition) is 9. The topological polar surface area (TPSA) is 110 Å². The molecule has 0 aliphatic heterocycles. The molecule has 0 fully saturated rings. The van der Waals surface area contributed by atoms with Crippen molar-refractivity contribution in [2.24, 2.45) is 0 Å². The number of carbonyl (C=O) groups is 2. The van der Waals surface area contributed by atoms with Crippen molar-refractivity contribution in [2.75, 3.05) is 13.2 Å². The molecule has 0 bridgehead atoms. The van der Waals surface area contributed by atoms with E-state index in [1.165, 1.54) is 116 Å². The Kier molecular flexibility index (Phi) is 21.3. The van der Waals surface area contributed by atoms with E-state index in [2.05, 4.69) is 24.0 Å². The standard InChI is InChI=1S/C54H70N2O7/c1-5-7-9-11-13-15-17-19-21-23-37-59-47-33-35-49(41(3)39-47)53(57)61-45-29-25-43(26-30-45)51-55-56-52(63-51)44-27-31-46(32-28-44)62-54(58)50-36-34-48(40-42(50)4)60-38-24-22-20-18-16-14-12-10-8-6-2/h25-36,39-40H,5-24,37-38H2,1-4H3. The first kappa shape index (κ1) is 48.6. The summed E-state index contributed by atoms with van der Waals surface area (Å²) in [5.41, 5.74) is 3.90. The highest BCUT2D eigenvalue weighted by molar-refractivity contribution is 5.93. The lowest BCUT2D eigenvalue weighted by Crippen LogP contribution is -2.10. The lowest BCUT2D eigenvalue weighted by Gasteiger charge is -2.10. The van der Waals surface area contributed by atoms with Gasteiger partial charge >= 0.3 is 11.9 Å². The first-order chi connectivity index (χ1) is 30.8. The molecular weight excluding hydrogens is 789 g/mol. The van der Waals surface area contributed by atoms with E-state index in [-0.39, 0.29) is 0 Å². The minimum atomic E-state index is -0.441. The van der Waals surface area contributed by atoms with Gasteiger partial charge in [0.15, 0.2) is 0 Å². The average Bonchev–Trinajstić information content (AvgIpc) is 3.78. The maximum Gasteiger partial charge on any atom is 0.343 e. The second-order valence-corrected chi connectivity index (χ2v) is 16.8. The van der Waals surface area contributed by atoms with Gasteiger partial charge in [0.25, 0.3) is 0 Å². The molecule has 1 aromatic heterocycles. The van der Waals surface area contributed by atoms with Gasteiger partial charge in [-0.2, -0.15) is 0 Å². The fraction of sp³-hybridized carbons (Fsp3) is 0.481. The number of benzene rings is 4. The van der Waals surface area contributed by atoms with Crippen LogP contribution in [0, 0.1) is 13.8 Å². The molecule has 0 unspecified atom stereocenters. The van der Waals surface area contributed by atoms with Crippen LogP contribution in [0.15, 0.2) is 89.3 Å². The Morgan fingerprint density at radius 3 is 1.08 bits per heavy atom. The fourth-order valence-corrected chi connectivity index (χ4v) is 7.58. The summed E-state index contributed by atoms with van der Waals surface area (Å²) in [6.07, 6.45) is 25.6. The summed E-state index contributed by atoms with van der Waals surface area (Å²) in [4.78, 5) is 26.1. The van der Waals surface area contributed by atoms with E-state index in [4.69, 9.17) is 23.4 Å². The molecule has 5 aromatic rings. The van der Waals surface area contributed by atoms with Crippen LogP contribution in [-0.4, -0.2) is 35.3 Å². The number of ether oxygens (including phenoxy) is 4. The van der Waals surface area contributed by atoms with Crippen molar-refractivity contribution in [1.29, 1.82) is 0 Å². The van der Waals surface area contributed by atoms with Gasteiger partial charge in [-0.1, -0.05) is 129 Å². The van der Waals surface area contributed by atoms with Crippen molar-refractivity contribution in [3.63, 3.8) is 0 Å². The Morgan fingerprint density at radius 2 is 0.746 bits per heavy atom. The number of esters is 2. The van der Waals surface area contributed by atoms with Gasteiger partial charge in [0.05, 0.1) is 24.3 Å². The summed E-state index contributed by atoms with van der Waals surface area (Å²) in [5, 5.41) is 8.44. The van der Waals surface area contributed by atoms with Crippen LogP contribution in [0.5, 0.6) is 23.0 Å². The van der Waals surface area contributed by atoms with E-state index in [9.17, 15) is 9.59 Å². The number of unbranched alkanes of at least 4 members (excludes halogenated alkanes) is 18. The second kappa shape index (κ2) is 27.6. The lowest BCUT2D eigenvalue weighted by atomic mass is 10.1. The Hall–Kier alpha value is -5.44. The van der Waals surface area contributed by atoms with Gasteiger partial charge in [-0.05, 0) is 123 Å². The summed E-state index contributed by atoms with van der Waals surface area (Å²) >= 11 is 0. The number of aromatic nitrogens is 2. The van der Waals surface area contributed by atoms with E-state index < -0.39 is 11.9 Å². The molecule has 5 rings (SSSR count). The monoisotopic (exact) mass is 859 g/mol. The molecule has 63 heavy (non-hydrogen) atoms. The fourth-order valence-electron chi connectivity index (χ4n) is 7.58. The molecule has 0 aliphatic carbocycles. The molecule has 0 spiro atoms. The predicted octanol–water partition coefficient (Wildman–Crippen LogP) is 15.1. The van der Waals surface area contributed by atoms with E-state index in [0.29, 0.717) is 58.7 Å². The number of carbonyl (C=O) groups excluding carboxylic acids is 2. The maximum atomic E-state index is 13.1. The number of aryl methyl sites for hydroxylation is 2. The van der Waals surface area contributed by atoms with Gasteiger partial charge in [-0.25, -0.2) is 9.59 Å². The van der Waals surface area contributed by atoms with E-state index in [1.807, 2.05) is 38.1 Å². The third-order valence-corrected chi connectivity index (χ3v) is 11.4. The van der Waals surface area contributed by atoms with E-state index >= 15 is 0 Å². The Morgan fingerprint density at radius 1 is 0.429 bits per heavy atom. The largest absolute Gasteiger partial charge is 0.494 e. The van der Waals surface area contributed by atoms with Gasteiger partial charge in [-0.3, -0.25) is 0 Å². The van der Waals surface area contributed by atoms with Crippen LogP contribution in [0.4, 0.5) is 0 Å². The van der Waals surface area contributed by atoms with E-state index in [0.717, 1.165) is 35.5 Å². The van der Waals surface area contributed by atoms with Crippen LogP contribution >= 0.6 is 0 Å². The highest BCUT2D eigenvalue weighted by Crippen LogP contribution is 2.28. The number of hydrogen-bond donors (Lipinski definition) is 0. The zero-order valence-corrected chi connectivity index (χ0v) is 38.4. The molecule has 9 nitrogen and oxygen atoms in total. The lowest BCUT2D eigenvalue weighted by molar-refractivity contribution is 0.0724. The molecule has 0 atom stereocenters. The maximum absolute atomic E-state index is 13.1. The average molecular weight is 859 g/mol.